The van der Waals surface area contributed by atoms with Gasteiger partial charge in [-0.2, -0.15) is 0 Å². The highest BCUT2D eigenvalue weighted by atomic mass is 32.2. The Morgan fingerprint density at radius 2 is 1.81 bits per heavy atom. The molecule has 1 aromatic rings. The van der Waals surface area contributed by atoms with Crippen molar-refractivity contribution in [1.29, 1.82) is 0 Å². The van der Waals surface area contributed by atoms with Gasteiger partial charge in [0, 0.05) is 23.0 Å². The third-order valence-corrected chi connectivity index (χ3v) is 3.70. The van der Waals surface area contributed by atoms with Gasteiger partial charge < -0.3 is 9.47 Å². The maximum absolute atomic E-state index is 11.8. The summed E-state index contributed by atoms with van der Waals surface area (Å²) in [6.07, 6.45) is 0. The van der Waals surface area contributed by atoms with Crippen LogP contribution < -0.4 is 0 Å². The van der Waals surface area contributed by atoms with Gasteiger partial charge in [0.15, 0.2) is 5.78 Å². The Labute approximate surface area is 130 Å². The molecule has 0 saturated carbocycles. The van der Waals surface area contributed by atoms with Crippen LogP contribution in [0, 0.1) is 5.92 Å². The highest BCUT2D eigenvalue weighted by Crippen LogP contribution is 2.19. The van der Waals surface area contributed by atoms with Gasteiger partial charge in [0.2, 0.25) is 0 Å². The van der Waals surface area contributed by atoms with Crippen LogP contribution in [0.1, 0.15) is 31.1 Å². The third kappa shape index (κ3) is 6.78. The molecule has 0 amide bonds. The first-order valence-corrected chi connectivity index (χ1v) is 8.03. The second-order valence-electron chi connectivity index (χ2n) is 4.75. The number of ketones is 1. The Morgan fingerprint density at radius 3 is 2.38 bits per heavy atom. The molecule has 0 aliphatic rings. The highest BCUT2D eigenvalue weighted by molar-refractivity contribution is 8.00. The van der Waals surface area contributed by atoms with Crippen LogP contribution in [0.15, 0.2) is 29.2 Å². The van der Waals surface area contributed by atoms with Crippen molar-refractivity contribution in [3.05, 3.63) is 29.8 Å². The summed E-state index contributed by atoms with van der Waals surface area (Å²) in [6.45, 7) is 6.99. The Balaban J connectivity index is 2.35. The zero-order valence-corrected chi connectivity index (χ0v) is 13.6. The van der Waals surface area contributed by atoms with Crippen molar-refractivity contribution in [2.75, 3.05) is 25.6 Å². The summed E-state index contributed by atoms with van der Waals surface area (Å²) in [6, 6.07) is 7.30. The van der Waals surface area contributed by atoms with Gasteiger partial charge in [-0.1, -0.05) is 26.0 Å². The summed E-state index contributed by atoms with van der Waals surface area (Å²) in [5.74, 6) is 0.108. The normalized spacial score (nSPS) is 10.7. The molecule has 0 heterocycles. The number of ether oxygens (including phenoxy) is 2. The zero-order valence-electron chi connectivity index (χ0n) is 12.8. The van der Waals surface area contributed by atoms with Crippen molar-refractivity contribution >= 4 is 23.5 Å². The van der Waals surface area contributed by atoms with E-state index in [4.69, 9.17) is 9.47 Å². The quantitative estimate of drug-likeness (QED) is 0.303. The van der Waals surface area contributed by atoms with E-state index in [1.807, 2.05) is 32.9 Å². The topological polar surface area (TPSA) is 52.6 Å². The number of benzene rings is 1. The van der Waals surface area contributed by atoms with Crippen LogP contribution in [0.3, 0.4) is 0 Å². The lowest BCUT2D eigenvalue weighted by molar-refractivity contribution is -0.141. The van der Waals surface area contributed by atoms with E-state index in [2.05, 4.69) is 0 Å². The van der Waals surface area contributed by atoms with Crippen LogP contribution in [0.2, 0.25) is 0 Å². The van der Waals surface area contributed by atoms with Crippen molar-refractivity contribution in [2.24, 2.45) is 5.92 Å². The van der Waals surface area contributed by atoms with Crippen LogP contribution in [0.25, 0.3) is 0 Å². The molecule has 0 saturated heterocycles. The minimum Gasteiger partial charge on any atom is -0.463 e. The van der Waals surface area contributed by atoms with Crippen LogP contribution in [0.5, 0.6) is 0 Å². The summed E-state index contributed by atoms with van der Waals surface area (Å²) in [5.41, 5.74) is 0.702. The average molecular weight is 310 g/mol. The monoisotopic (exact) mass is 310 g/mol. The smallest absolute Gasteiger partial charge is 0.316 e. The molecule has 4 nitrogen and oxygen atoms in total. The molecule has 0 atom stereocenters. The van der Waals surface area contributed by atoms with Gasteiger partial charge in [0.05, 0.1) is 12.4 Å². The van der Waals surface area contributed by atoms with Crippen molar-refractivity contribution in [3.63, 3.8) is 0 Å². The van der Waals surface area contributed by atoms with Crippen LogP contribution in [-0.2, 0) is 14.3 Å². The van der Waals surface area contributed by atoms with Gasteiger partial charge in [-0.15, -0.1) is 11.8 Å². The van der Waals surface area contributed by atoms with E-state index in [-0.39, 0.29) is 30.0 Å². The van der Waals surface area contributed by atoms with Crippen molar-refractivity contribution < 1.29 is 19.1 Å². The summed E-state index contributed by atoms with van der Waals surface area (Å²) >= 11 is 1.39. The molecule has 0 spiro atoms. The van der Waals surface area contributed by atoms with E-state index >= 15 is 0 Å². The predicted molar refractivity (Wildman–Crippen MR) is 83.8 cm³/mol. The number of Topliss-reactive ketones (excluding diaryl/α,β-unsaturated/α-hetero) is 1. The molecule has 0 aromatic heterocycles. The van der Waals surface area contributed by atoms with Crippen molar-refractivity contribution in [3.8, 4) is 0 Å². The van der Waals surface area contributed by atoms with Gasteiger partial charge in [0.1, 0.15) is 6.61 Å². The van der Waals surface area contributed by atoms with E-state index in [1.54, 1.807) is 12.1 Å². The first kappa shape index (κ1) is 17.7. The molecule has 0 radical (unpaired) electrons. The Kier molecular flexibility index (Phi) is 8.08. The van der Waals surface area contributed by atoms with Gasteiger partial charge in [-0.25, -0.2) is 0 Å². The fourth-order valence-corrected chi connectivity index (χ4v) is 2.29. The fourth-order valence-electron chi connectivity index (χ4n) is 1.59. The molecule has 0 unspecified atom stereocenters. The lowest BCUT2D eigenvalue weighted by atomic mass is 10.0. The molecule has 0 bridgehead atoms. The number of carbonyl (C=O) groups is 2. The number of thioether (sulfide) groups is 1. The van der Waals surface area contributed by atoms with Gasteiger partial charge in [-0.05, 0) is 19.1 Å². The van der Waals surface area contributed by atoms with E-state index in [0.717, 1.165) is 4.90 Å². The van der Waals surface area contributed by atoms with Crippen LogP contribution in [-0.4, -0.2) is 37.3 Å². The number of hydrogen-bond donors (Lipinski definition) is 0. The second-order valence-corrected chi connectivity index (χ2v) is 5.80. The van der Waals surface area contributed by atoms with Crippen molar-refractivity contribution in [1.82, 2.24) is 0 Å². The Bertz CT molecular complexity index is 454. The molecular formula is C16H22O4S. The third-order valence-electron chi connectivity index (χ3n) is 2.71. The molecular weight excluding hydrogens is 288 g/mol. The standard InChI is InChI=1S/C16H22O4S/c1-4-19-9-10-20-15(17)11-21-14-7-5-13(6-8-14)16(18)12(2)3/h5-8,12H,4,9-11H2,1-3H3. The van der Waals surface area contributed by atoms with Gasteiger partial charge in [-0.3, -0.25) is 9.59 Å². The number of carbonyl (C=O) groups excluding carboxylic acids is 2. The maximum Gasteiger partial charge on any atom is 0.316 e. The largest absolute Gasteiger partial charge is 0.463 e. The molecule has 0 fully saturated rings. The average Bonchev–Trinajstić information content (AvgIpc) is 2.49. The summed E-state index contributed by atoms with van der Waals surface area (Å²) < 4.78 is 10.1. The van der Waals surface area contributed by atoms with E-state index in [1.165, 1.54) is 11.8 Å². The molecule has 21 heavy (non-hydrogen) atoms. The maximum atomic E-state index is 11.8. The van der Waals surface area contributed by atoms with Crippen LogP contribution in [0.4, 0.5) is 0 Å². The number of esters is 1. The first-order valence-electron chi connectivity index (χ1n) is 7.05. The van der Waals surface area contributed by atoms with Crippen molar-refractivity contribution in [2.45, 2.75) is 25.7 Å². The number of hydrogen-bond acceptors (Lipinski definition) is 5. The summed E-state index contributed by atoms with van der Waals surface area (Å²) in [5, 5.41) is 0. The molecule has 116 valence electrons. The molecule has 0 aliphatic heterocycles. The lowest BCUT2D eigenvalue weighted by Crippen LogP contribution is -2.12. The number of rotatable bonds is 9. The zero-order chi connectivity index (χ0) is 15.7. The lowest BCUT2D eigenvalue weighted by Gasteiger charge is -2.06. The predicted octanol–water partition coefficient (Wildman–Crippen LogP) is 3.20. The summed E-state index contributed by atoms with van der Waals surface area (Å²) in [7, 11) is 0. The Hall–Kier alpha value is -1.33. The minimum absolute atomic E-state index is 0.0104. The highest BCUT2D eigenvalue weighted by Gasteiger charge is 2.10. The minimum atomic E-state index is -0.262. The Morgan fingerprint density at radius 1 is 1.14 bits per heavy atom. The molecule has 1 aromatic carbocycles. The van der Waals surface area contributed by atoms with E-state index in [0.29, 0.717) is 18.8 Å². The van der Waals surface area contributed by atoms with E-state index < -0.39 is 0 Å². The SMILES string of the molecule is CCOCCOC(=O)CSc1ccc(C(=O)C(C)C)cc1. The van der Waals surface area contributed by atoms with E-state index in [9.17, 15) is 9.59 Å². The van der Waals surface area contributed by atoms with Gasteiger partial charge in [0.25, 0.3) is 0 Å². The molecule has 1 rings (SSSR count). The van der Waals surface area contributed by atoms with Crippen LogP contribution >= 0.6 is 11.8 Å². The second kappa shape index (κ2) is 9.58. The molecule has 5 heteroatoms. The molecule has 0 aliphatic carbocycles. The first-order chi connectivity index (χ1) is 10.0. The summed E-state index contributed by atoms with van der Waals surface area (Å²) in [4.78, 5) is 24.2. The molecule has 0 N–H and O–H groups in total. The fraction of sp³-hybridized carbons (Fsp3) is 0.500. The van der Waals surface area contributed by atoms with Gasteiger partial charge >= 0.3 is 5.97 Å².